The molecule has 0 radical (unpaired) electrons. The molecular formula is C14H17N5OS. The maximum Gasteiger partial charge on any atom is 0.236 e. The van der Waals surface area contributed by atoms with E-state index >= 15 is 0 Å². The third kappa shape index (κ3) is 3.83. The van der Waals surface area contributed by atoms with E-state index in [-0.39, 0.29) is 5.91 Å². The number of carbonyl (C=O) groups is 1. The van der Waals surface area contributed by atoms with Crippen LogP contribution in [-0.4, -0.2) is 49.2 Å². The number of benzene rings is 1. The highest BCUT2D eigenvalue weighted by atomic mass is 32.2. The fraction of sp³-hybridized carbons (Fsp3) is 0.357. The Balaban J connectivity index is 1.60. The van der Waals surface area contributed by atoms with E-state index in [9.17, 15) is 4.79 Å². The predicted molar refractivity (Wildman–Crippen MR) is 87.2 cm³/mol. The Hall–Kier alpha value is -1.86. The van der Waals surface area contributed by atoms with Crippen molar-refractivity contribution in [3.8, 4) is 0 Å². The van der Waals surface area contributed by atoms with Crippen molar-refractivity contribution in [1.29, 1.82) is 0 Å². The third-order valence-electron chi connectivity index (χ3n) is 3.32. The Morgan fingerprint density at radius 2 is 1.95 bits per heavy atom. The van der Waals surface area contributed by atoms with E-state index in [0.29, 0.717) is 10.9 Å². The molecule has 2 saturated heterocycles. The average Bonchev–Trinajstić information content (AvgIpc) is 2.94. The molecule has 6 nitrogen and oxygen atoms in total. The minimum atomic E-state index is -0.0191. The van der Waals surface area contributed by atoms with Crippen LogP contribution in [0.4, 0.5) is 5.69 Å². The van der Waals surface area contributed by atoms with Crippen molar-refractivity contribution in [3.05, 3.63) is 29.8 Å². The molecule has 1 amide bonds. The van der Waals surface area contributed by atoms with Crippen LogP contribution in [0.15, 0.2) is 34.5 Å². The first-order valence-electron chi connectivity index (χ1n) is 6.91. The molecular weight excluding hydrogens is 286 g/mol. The smallest absolute Gasteiger partial charge is 0.236 e. The van der Waals surface area contributed by atoms with Crippen molar-refractivity contribution in [3.63, 3.8) is 0 Å². The van der Waals surface area contributed by atoms with Gasteiger partial charge in [0.25, 0.3) is 0 Å². The maximum atomic E-state index is 11.0. The van der Waals surface area contributed by atoms with Gasteiger partial charge in [0, 0.05) is 31.9 Å². The van der Waals surface area contributed by atoms with E-state index in [1.807, 2.05) is 12.1 Å². The van der Waals surface area contributed by atoms with E-state index in [0.717, 1.165) is 31.7 Å². The van der Waals surface area contributed by atoms with Gasteiger partial charge in [0.2, 0.25) is 5.91 Å². The summed E-state index contributed by atoms with van der Waals surface area (Å²) in [6.45, 7) is 4.14. The fourth-order valence-corrected chi connectivity index (χ4v) is 2.85. The number of nitrogens with zero attached hydrogens (tertiary/aromatic N) is 3. The zero-order valence-corrected chi connectivity index (χ0v) is 12.4. The number of anilines is 1. The Labute approximate surface area is 127 Å². The molecule has 2 aliphatic rings. The van der Waals surface area contributed by atoms with Gasteiger partial charge in [-0.2, -0.15) is 5.10 Å². The van der Waals surface area contributed by atoms with Crippen molar-refractivity contribution in [2.45, 2.75) is 0 Å². The number of amidine groups is 1. The molecule has 0 unspecified atom stereocenters. The van der Waals surface area contributed by atoms with Gasteiger partial charge in [-0.3, -0.25) is 4.79 Å². The molecule has 2 fully saturated rings. The summed E-state index contributed by atoms with van der Waals surface area (Å²) in [6.07, 6.45) is 1.69. The van der Waals surface area contributed by atoms with Gasteiger partial charge in [0.1, 0.15) is 0 Å². The third-order valence-corrected chi connectivity index (χ3v) is 4.18. The summed E-state index contributed by atoms with van der Waals surface area (Å²) in [5.41, 5.74) is 2.23. The standard InChI is InChI=1S/C14H17N5OS/c20-13-10-21-14(17-13)18-16-9-11-1-3-12(4-2-11)19-7-5-15-6-8-19/h1-4,9,15H,5-8,10H2,(H,17,18,20). The zero-order valence-electron chi connectivity index (χ0n) is 11.6. The summed E-state index contributed by atoms with van der Waals surface area (Å²) in [5.74, 6) is 0.405. The van der Waals surface area contributed by atoms with Gasteiger partial charge < -0.3 is 15.5 Å². The van der Waals surface area contributed by atoms with Crippen molar-refractivity contribution >= 4 is 34.7 Å². The van der Waals surface area contributed by atoms with E-state index in [1.54, 1.807) is 6.21 Å². The summed E-state index contributed by atoms with van der Waals surface area (Å²) in [4.78, 5) is 13.4. The molecule has 3 rings (SSSR count). The highest BCUT2D eigenvalue weighted by Crippen LogP contribution is 2.15. The molecule has 110 valence electrons. The van der Waals surface area contributed by atoms with Gasteiger partial charge in [-0.05, 0) is 17.7 Å². The largest absolute Gasteiger partial charge is 0.369 e. The highest BCUT2D eigenvalue weighted by Gasteiger charge is 2.15. The van der Waals surface area contributed by atoms with E-state index in [4.69, 9.17) is 0 Å². The Bertz CT molecular complexity index is 563. The van der Waals surface area contributed by atoms with E-state index in [1.165, 1.54) is 17.4 Å². The topological polar surface area (TPSA) is 69.1 Å². The monoisotopic (exact) mass is 303 g/mol. The molecule has 2 heterocycles. The van der Waals surface area contributed by atoms with Gasteiger partial charge in [-0.1, -0.05) is 23.9 Å². The zero-order chi connectivity index (χ0) is 14.5. The quantitative estimate of drug-likeness (QED) is 0.635. The molecule has 1 aromatic carbocycles. The summed E-state index contributed by atoms with van der Waals surface area (Å²) >= 11 is 1.37. The van der Waals surface area contributed by atoms with Crippen molar-refractivity contribution in [2.75, 3.05) is 36.8 Å². The fourth-order valence-electron chi connectivity index (χ4n) is 2.22. The van der Waals surface area contributed by atoms with Gasteiger partial charge in [0.15, 0.2) is 5.17 Å². The lowest BCUT2D eigenvalue weighted by Crippen LogP contribution is -2.43. The van der Waals surface area contributed by atoms with Gasteiger partial charge >= 0.3 is 0 Å². The second-order valence-electron chi connectivity index (χ2n) is 4.82. The van der Waals surface area contributed by atoms with E-state index < -0.39 is 0 Å². The first kappa shape index (κ1) is 14.1. The Morgan fingerprint density at radius 1 is 1.19 bits per heavy atom. The number of nitrogens with one attached hydrogen (secondary N) is 2. The van der Waals surface area contributed by atoms with Gasteiger partial charge in [-0.15, -0.1) is 5.10 Å². The molecule has 7 heteroatoms. The lowest BCUT2D eigenvalue weighted by molar-refractivity contribution is -0.116. The second-order valence-corrected chi connectivity index (χ2v) is 5.78. The number of piperazine rings is 1. The molecule has 0 saturated carbocycles. The minimum Gasteiger partial charge on any atom is -0.369 e. The number of rotatable bonds is 3. The first-order chi connectivity index (χ1) is 10.3. The summed E-state index contributed by atoms with van der Waals surface area (Å²) in [6, 6.07) is 8.26. The van der Waals surface area contributed by atoms with Crippen molar-refractivity contribution in [1.82, 2.24) is 10.6 Å². The molecule has 0 atom stereocenters. The molecule has 0 aliphatic carbocycles. The van der Waals surface area contributed by atoms with Crippen molar-refractivity contribution in [2.24, 2.45) is 10.2 Å². The van der Waals surface area contributed by atoms with E-state index in [2.05, 4.69) is 37.9 Å². The number of thioether (sulfide) groups is 1. The summed E-state index contributed by atoms with van der Waals surface area (Å²) < 4.78 is 0. The van der Waals surface area contributed by atoms with Crippen LogP contribution in [0.2, 0.25) is 0 Å². The number of hydrogen-bond acceptors (Lipinski definition) is 6. The van der Waals surface area contributed by atoms with Crippen molar-refractivity contribution < 1.29 is 4.79 Å². The van der Waals surface area contributed by atoms with Gasteiger partial charge in [0.05, 0.1) is 12.0 Å². The lowest BCUT2D eigenvalue weighted by atomic mass is 10.2. The van der Waals surface area contributed by atoms with Crippen LogP contribution >= 0.6 is 11.8 Å². The molecule has 1 aromatic rings. The Morgan fingerprint density at radius 3 is 2.62 bits per heavy atom. The normalized spacial score (nSPS) is 21.2. The second kappa shape index (κ2) is 6.73. The van der Waals surface area contributed by atoms with Gasteiger partial charge in [-0.25, -0.2) is 0 Å². The van der Waals surface area contributed by atoms with Crippen LogP contribution in [0.5, 0.6) is 0 Å². The lowest BCUT2D eigenvalue weighted by Gasteiger charge is -2.29. The van der Waals surface area contributed by atoms with Crippen LogP contribution < -0.4 is 15.5 Å². The molecule has 0 bridgehead atoms. The molecule has 0 spiro atoms. The Kier molecular flexibility index (Phi) is 4.52. The predicted octanol–water partition coefficient (Wildman–Crippen LogP) is 0.649. The number of hydrogen-bond donors (Lipinski definition) is 2. The maximum absolute atomic E-state index is 11.0. The van der Waals surface area contributed by atoms with Crippen LogP contribution in [0.25, 0.3) is 0 Å². The van der Waals surface area contributed by atoms with Crippen LogP contribution in [0.1, 0.15) is 5.56 Å². The van der Waals surface area contributed by atoms with Crippen LogP contribution in [-0.2, 0) is 4.79 Å². The molecule has 21 heavy (non-hydrogen) atoms. The first-order valence-corrected chi connectivity index (χ1v) is 7.89. The summed E-state index contributed by atoms with van der Waals surface area (Å²) in [7, 11) is 0. The van der Waals surface area contributed by atoms with Crippen LogP contribution in [0, 0.1) is 0 Å². The van der Waals surface area contributed by atoms with Crippen LogP contribution in [0.3, 0.4) is 0 Å². The minimum absolute atomic E-state index is 0.0191. The SMILES string of the molecule is O=C1CSC(=NN=Cc2ccc(N3CCNCC3)cc2)N1. The molecule has 2 N–H and O–H groups in total. The highest BCUT2D eigenvalue weighted by molar-refractivity contribution is 8.15. The number of carbonyl (C=O) groups excluding carboxylic acids is 1. The average molecular weight is 303 g/mol. The molecule has 2 aliphatic heterocycles. The number of amides is 1. The summed E-state index contributed by atoms with van der Waals surface area (Å²) in [5, 5.41) is 14.5. The molecule has 0 aromatic heterocycles.